The summed E-state index contributed by atoms with van der Waals surface area (Å²) in [5.74, 6) is 0.981. The van der Waals surface area contributed by atoms with Gasteiger partial charge < -0.3 is 15.6 Å². The van der Waals surface area contributed by atoms with E-state index in [4.69, 9.17) is 10.5 Å². The summed E-state index contributed by atoms with van der Waals surface area (Å²) < 4.78 is 5.33. The minimum atomic E-state index is 0.0721. The van der Waals surface area contributed by atoms with Gasteiger partial charge in [0.1, 0.15) is 5.75 Å². The molecule has 0 aliphatic carbocycles. The molecule has 106 valence electrons. The van der Waals surface area contributed by atoms with Gasteiger partial charge in [0.25, 0.3) is 0 Å². The Morgan fingerprint density at radius 1 is 1.25 bits per heavy atom. The zero-order valence-electron chi connectivity index (χ0n) is 12.3. The number of anilines is 1. The smallest absolute Gasteiger partial charge is 0.160 e. The van der Waals surface area contributed by atoms with Crippen molar-refractivity contribution < 1.29 is 9.84 Å². The number of nitrogen functional groups attached to an aromatic ring is 1. The molecule has 0 unspecified atom stereocenters. The molecule has 0 fully saturated rings. The van der Waals surface area contributed by atoms with Crippen molar-refractivity contribution in [2.24, 2.45) is 0 Å². The largest absolute Gasteiger partial charge is 0.504 e. The molecular weight excluding hydrogens is 252 g/mol. The maximum atomic E-state index is 9.97. The normalized spacial score (nSPS) is 10.8. The summed E-state index contributed by atoms with van der Waals surface area (Å²) in [4.78, 5) is 4.52. The van der Waals surface area contributed by atoms with E-state index in [-0.39, 0.29) is 11.7 Å². The van der Waals surface area contributed by atoms with Crippen LogP contribution in [0.4, 0.5) is 5.69 Å². The van der Waals surface area contributed by atoms with Gasteiger partial charge in [-0.05, 0) is 30.5 Å². The highest BCUT2D eigenvalue weighted by Gasteiger charge is 2.14. The quantitative estimate of drug-likeness (QED) is 0.897. The van der Waals surface area contributed by atoms with E-state index in [1.165, 1.54) is 0 Å². The summed E-state index contributed by atoms with van der Waals surface area (Å²) in [7, 11) is 1.64. The summed E-state index contributed by atoms with van der Waals surface area (Å²) in [6.07, 6.45) is 0. The van der Waals surface area contributed by atoms with Crippen LogP contribution >= 0.6 is 0 Å². The number of aromatic nitrogens is 1. The number of pyridine rings is 1. The van der Waals surface area contributed by atoms with Gasteiger partial charge in [-0.2, -0.15) is 0 Å². The summed E-state index contributed by atoms with van der Waals surface area (Å²) in [6.45, 7) is 5.93. The Kier molecular flexibility index (Phi) is 3.84. The molecule has 0 radical (unpaired) electrons. The van der Waals surface area contributed by atoms with Crippen molar-refractivity contribution >= 4 is 5.69 Å². The molecule has 2 rings (SSSR count). The first-order valence-corrected chi connectivity index (χ1v) is 6.58. The minimum Gasteiger partial charge on any atom is -0.504 e. The van der Waals surface area contributed by atoms with E-state index in [2.05, 4.69) is 4.98 Å². The Morgan fingerprint density at radius 3 is 2.55 bits per heavy atom. The van der Waals surface area contributed by atoms with Crippen LogP contribution in [0.5, 0.6) is 11.5 Å². The third kappa shape index (κ3) is 2.54. The zero-order chi connectivity index (χ0) is 14.9. The maximum Gasteiger partial charge on any atom is 0.160 e. The van der Waals surface area contributed by atoms with Crippen molar-refractivity contribution in [3.63, 3.8) is 0 Å². The van der Waals surface area contributed by atoms with Crippen LogP contribution in [0.2, 0.25) is 0 Å². The molecule has 0 amide bonds. The Balaban J connectivity index is 2.58. The first-order valence-electron chi connectivity index (χ1n) is 6.58. The highest BCUT2D eigenvalue weighted by Crippen LogP contribution is 2.34. The fraction of sp³-hybridized carbons (Fsp3) is 0.312. The van der Waals surface area contributed by atoms with Crippen LogP contribution < -0.4 is 10.5 Å². The van der Waals surface area contributed by atoms with Gasteiger partial charge in [0.05, 0.1) is 24.2 Å². The average molecular weight is 272 g/mol. The van der Waals surface area contributed by atoms with Gasteiger partial charge in [-0.1, -0.05) is 26.0 Å². The lowest BCUT2D eigenvalue weighted by atomic mass is 10.0. The molecule has 0 aliphatic rings. The third-order valence-corrected chi connectivity index (χ3v) is 3.30. The van der Waals surface area contributed by atoms with Crippen LogP contribution in [0.1, 0.15) is 31.0 Å². The van der Waals surface area contributed by atoms with Gasteiger partial charge in [-0.25, -0.2) is 4.98 Å². The van der Waals surface area contributed by atoms with E-state index < -0.39 is 0 Å². The van der Waals surface area contributed by atoms with E-state index >= 15 is 0 Å². The molecule has 0 aliphatic heterocycles. The number of hydrogen-bond donors (Lipinski definition) is 2. The van der Waals surface area contributed by atoms with Crippen LogP contribution in [0.15, 0.2) is 24.3 Å². The fourth-order valence-electron chi connectivity index (χ4n) is 2.11. The number of benzene rings is 1. The predicted octanol–water partition coefficient (Wildman–Crippen LogP) is 3.48. The number of nitrogens with zero attached hydrogens (tertiary/aromatic N) is 1. The number of aryl methyl sites for hydroxylation is 1. The van der Waals surface area contributed by atoms with E-state index in [0.29, 0.717) is 11.4 Å². The molecule has 1 heterocycles. The standard InChI is InChI=1S/C16H20N2O2/c1-9(2)15-16(19)12(17)8-13(18-15)11-6-5-10(3)14(7-11)20-4/h5-9,19H,1-4H3,(H2,17,18). The second-order valence-electron chi connectivity index (χ2n) is 5.17. The van der Waals surface area contributed by atoms with Gasteiger partial charge in [-0.15, -0.1) is 0 Å². The van der Waals surface area contributed by atoms with E-state index in [1.807, 2.05) is 39.0 Å². The molecule has 2 aromatic rings. The second kappa shape index (κ2) is 5.41. The highest BCUT2D eigenvalue weighted by atomic mass is 16.5. The number of rotatable bonds is 3. The van der Waals surface area contributed by atoms with E-state index in [9.17, 15) is 5.11 Å². The zero-order valence-corrected chi connectivity index (χ0v) is 12.3. The van der Waals surface area contributed by atoms with E-state index in [0.717, 1.165) is 22.6 Å². The maximum absolute atomic E-state index is 9.97. The Bertz CT molecular complexity index is 637. The van der Waals surface area contributed by atoms with Crippen molar-refractivity contribution in [3.8, 4) is 22.8 Å². The van der Waals surface area contributed by atoms with Gasteiger partial charge in [0, 0.05) is 5.56 Å². The minimum absolute atomic E-state index is 0.0721. The number of hydrogen-bond acceptors (Lipinski definition) is 4. The summed E-state index contributed by atoms with van der Waals surface area (Å²) >= 11 is 0. The van der Waals surface area contributed by atoms with Crippen LogP contribution in [0, 0.1) is 6.92 Å². The highest BCUT2D eigenvalue weighted by molar-refractivity contribution is 5.69. The summed E-state index contributed by atoms with van der Waals surface area (Å²) in [5, 5.41) is 9.97. The van der Waals surface area contributed by atoms with Crippen molar-refractivity contribution in [1.29, 1.82) is 0 Å². The number of nitrogens with two attached hydrogens (primary N) is 1. The Hall–Kier alpha value is -2.23. The molecule has 3 N–H and O–H groups in total. The van der Waals surface area contributed by atoms with Gasteiger partial charge >= 0.3 is 0 Å². The van der Waals surface area contributed by atoms with Crippen LogP contribution in [-0.4, -0.2) is 17.2 Å². The Labute approximate surface area is 119 Å². The Morgan fingerprint density at radius 2 is 1.95 bits per heavy atom. The van der Waals surface area contributed by atoms with E-state index in [1.54, 1.807) is 13.2 Å². The van der Waals surface area contributed by atoms with Gasteiger partial charge in [-0.3, -0.25) is 0 Å². The molecule has 0 atom stereocenters. The lowest BCUT2D eigenvalue weighted by Gasteiger charge is -2.13. The molecule has 1 aromatic carbocycles. The van der Waals surface area contributed by atoms with Crippen molar-refractivity contribution in [3.05, 3.63) is 35.5 Å². The predicted molar refractivity (Wildman–Crippen MR) is 81.1 cm³/mol. The molecule has 20 heavy (non-hydrogen) atoms. The SMILES string of the molecule is COc1cc(-c2cc(N)c(O)c(C(C)C)n2)ccc1C. The summed E-state index contributed by atoms with van der Waals surface area (Å²) in [5.41, 5.74) is 9.55. The number of methoxy groups -OCH3 is 1. The fourth-order valence-corrected chi connectivity index (χ4v) is 2.11. The second-order valence-corrected chi connectivity index (χ2v) is 5.17. The lowest BCUT2D eigenvalue weighted by molar-refractivity contribution is 0.412. The molecule has 1 aromatic heterocycles. The first-order chi connectivity index (χ1) is 9.43. The molecule has 0 bridgehead atoms. The average Bonchev–Trinajstić information content (AvgIpc) is 2.42. The number of ether oxygens (including phenoxy) is 1. The molecular formula is C16H20N2O2. The molecule has 0 saturated carbocycles. The monoisotopic (exact) mass is 272 g/mol. The van der Waals surface area contributed by atoms with Crippen molar-refractivity contribution in [1.82, 2.24) is 4.98 Å². The topological polar surface area (TPSA) is 68.4 Å². The van der Waals surface area contributed by atoms with Gasteiger partial charge in [0.2, 0.25) is 0 Å². The van der Waals surface area contributed by atoms with Crippen molar-refractivity contribution in [2.75, 3.05) is 12.8 Å². The third-order valence-electron chi connectivity index (χ3n) is 3.30. The number of aromatic hydroxyl groups is 1. The molecule has 0 saturated heterocycles. The lowest BCUT2D eigenvalue weighted by Crippen LogP contribution is -2.00. The first kappa shape index (κ1) is 14.2. The van der Waals surface area contributed by atoms with Gasteiger partial charge in [0.15, 0.2) is 5.75 Å². The van der Waals surface area contributed by atoms with Crippen LogP contribution in [-0.2, 0) is 0 Å². The molecule has 4 nitrogen and oxygen atoms in total. The molecule has 4 heteroatoms. The molecule has 0 spiro atoms. The summed E-state index contributed by atoms with van der Waals surface area (Å²) in [6, 6.07) is 7.57. The van der Waals surface area contributed by atoms with Crippen LogP contribution in [0.3, 0.4) is 0 Å². The van der Waals surface area contributed by atoms with Crippen molar-refractivity contribution in [2.45, 2.75) is 26.7 Å². The van der Waals surface area contributed by atoms with Crippen LogP contribution in [0.25, 0.3) is 11.3 Å².